The lowest BCUT2D eigenvalue weighted by Gasteiger charge is -2.13. The molecule has 0 unspecified atom stereocenters. The van der Waals surface area contributed by atoms with Crippen molar-refractivity contribution < 1.29 is 26.7 Å². The van der Waals surface area contributed by atoms with Crippen molar-refractivity contribution in [2.75, 3.05) is 7.11 Å². The first-order valence-electron chi connectivity index (χ1n) is 8.90. The van der Waals surface area contributed by atoms with Crippen LogP contribution >= 0.6 is 0 Å². The molecule has 1 amide bonds. The second kappa shape index (κ2) is 8.23. The van der Waals surface area contributed by atoms with Crippen LogP contribution in [-0.4, -0.2) is 31.0 Å². The summed E-state index contributed by atoms with van der Waals surface area (Å²) in [4.78, 5) is 16.4. The highest BCUT2D eigenvalue weighted by Gasteiger charge is 2.27. The normalized spacial score (nSPS) is 11.4. The van der Waals surface area contributed by atoms with Gasteiger partial charge in [0.05, 0.1) is 12.7 Å². The summed E-state index contributed by atoms with van der Waals surface area (Å²) in [6.07, 6.45) is 1.58. The zero-order chi connectivity index (χ0) is 22.1. The third kappa shape index (κ3) is 3.90. The number of imidazole rings is 1. The molecule has 0 saturated heterocycles. The van der Waals surface area contributed by atoms with E-state index in [0.29, 0.717) is 12.0 Å². The Bertz CT molecular complexity index is 1180. The maximum Gasteiger partial charge on any atom is 0.285 e. The van der Waals surface area contributed by atoms with Crippen LogP contribution < -0.4 is 9.46 Å². The van der Waals surface area contributed by atoms with Gasteiger partial charge in [-0.2, -0.15) is 0 Å². The number of nitrogens with zero attached hydrogens (tertiary/aromatic N) is 2. The molecule has 0 spiro atoms. The Morgan fingerprint density at radius 3 is 2.40 bits per heavy atom. The molecule has 0 aliphatic rings. The summed E-state index contributed by atoms with van der Waals surface area (Å²) in [5.74, 6) is -2.82. The molecule has 1 heterocycles. The highest BCUT2D eigenvalue weighted by atomic mass is 32.2. The molecule has 30 heavy (non-hydrogen) atoms. The molecule has 3 aromatic rings. The van der Waals surface area contributed by atoms with E-state index < -0.39 is 33.1 Å². The third-order valence-electron chi connectivity index (χ3n) is 4.45. The van der Waals surface area contributed by atoms with Gasteiger partial charge in [0.15, 0.2) is 0 Å². The Kier molecular flexibility index (Phi) is 5.88. The standard InChI is InChI=1S/C20H19F2N3O4S/c1-4-12-7-5-10-16(29-3)18(12)30(27,28)24-20(26)15-11-25(2)19(23-15)17-13(21)8-6-9-14(17)22/h5-11H,4H2,1-3H3,(H,24,26). The van der Waals surface area contributed by atoms with E-state index in [2.05, 4.69) is 4.98 Å². The molecule has 2 aromatic carbocycles. The molecular formula is C20H19F2N3O4S. The fraction of sp³-hybridized carbons (Fsp3) is 0.200. The van der Waals surface area contributed by atoms with Crippen molar-refractivity contribution in [2.24, 2.45) is 7.05 Å². The second-order valence-electron chi connectivity index (χ2n) is 6.39. The van der Waals surface area contributed by atoms with Crippen molar-refractivity contribution in [1.29, 1.82) is 0 Å². The largest absolute Gasteiger partial charge is 0.495 e. The predicted octanol–water partition coefficient (Wildman–Crippen LogP) is 3.06. The van der Waals surface area contributed by atoms with Crippen molar-refractivity contribution in [2.45, 2.75) is 18.2 Å². The molecule has 0 saturated carbocycles. The molecule has 1 N–H and O–H groups in total. The summed E-state index contributed by atoms with van der Waals surface area (Å²) in [5, 5.41) is 0. The fourth-order valence-electron chi connectivity index (χ4n) is 3.05. The van der Waals surface area contributed by atoms with Gasteiger partial charge in [-0.25, -0.2) is 26.9 Å². The number of benzene rings is 2. The van der Waals surface area contributed by atoms with E-state index in [1.807, 2.05) is 4.72 Å². The Balaban J connectivity index is 1.98. The number of carbonyl (C=O) groups is 1. The number of methoxy groups -OCH3 is 1. The van der Waals surface area contributed by atoms with Crippen LogP contribution in [0.1, 0.15) is 23.0 Å². The third-order valence-corrected chi connectivity index (χ3v) is 5.91. The van der Waals surface area contributed by atoms with E-state index in [4.69, 9.17) is 4.74 Å². The lowest BCUT2D eigenvalue weighted by Crippen LogP contribution is -2.31. The van der Waals surface area contributed by atoms with Gasteiger partial charge in [-0.15, -0.1) is 0 Å². The van der Waals surface area contributed by atoms with E-state index in [1.54, 1.807) is 19.1 Å². The number of sulfonamides is 1. The van der Waals surface area contributed by atoms with Gasteiger partial charge in [0.1, 0.15) is 33.8 Å². The number of halogens is 2. The van der Waals surface area contributed by atoms with Crippen LogP contribution in [0, 0.1) is 11.6 Å². The van der Waals surface area contributed by atoms with Crippen molar-refractivity contribution in [3.63, 3.8) is 0 Å². The van der Waals surface area contributed by atoms with Crippen LogP contribution in [0.3, 0.4) is 0 Å². The summed E-state index contributed by atoms with van der Waals surface area (Å²) in [7, 11) is -1.54. The van der Waals surface area contributed by atoms with Gasteiger partial charge in [-0.3, -0.25) is 4.79 Å². The molecule has 0 fully saturated rings. The minimum absolute atomic E-state index is 0.0878. The smallest absolute Gasteiger partial charge is 0.285 e. The SMILES string of the molecule is CCc1cccc(OC)c1S(=O)(=O)NC(=O)c1cn(C)c(-c2c(F)cccc2F)n1. The number of hydrogen-bond donors (Lipinski definition) is 1. The van der Waals surface area contributed by atoms with Crippen LogP contribution in [-0.2, 0) is 23.5 Å². The van der Waals surface area contributed by atoms with Crippen molar-refractivity contribution >= 4 is 15.9 Å². The van der Waals surface area contributed by atoms with E-state index in [9.17, 15) is 22.0 Å². The van der Waals surface area contributed by atoms with Crippen LogP contribution in [0.4, 0.5) is 8.78 Å². The molecule has 0 aliphatic carbocycles. The zero-order valence-corrected chi connectivity index (χ0v) is 17.3. The van der Waals surface area contributed by atoms with E-state index in [-0.39, 0.29) is 22.2 Å². The van der Waals surface area contributed by atoms with Gasteiger partial charge in [0.25, 0.3) is 15.9 Å². The van der Waals surface area contributed by atoms with E-state index in [0.717, 1.165) is 12.1 Å². The van der Waals surface area contributed by atoms with Gasteiger partial charge in [-0.05, 0) is 30.2 Å². The van der Waals surface area contributed by atoms with Gasteiger partial charge >= 0.3 is 0 Å². The Labute approximate surface area is 172 Å². The number of nitrogens with one attached hydrogen (secondary N) is 1. The van der Waals surface area contributed by atoms with Gasteiger partial charge in [0.2, 0.25) is 0 Å². The molecular weight excluding hydrogens is 416 g/mol. The van der Waals surface area contributed by atoms with Crippen molar-refractivity contribution in [3.8, 4) is 17.1 Å². The second-order valence-corrected chi connectivity index (χ2v) is 8.01. The summed E-state index contributed by atoms with van der Waals surface area (Å²) in [5.41, 5.74) is -0.267. The quantitative estimate of drug-likeness (QED) is 0.643. The Hall–Kier alpha value is -3.27. The number of ether oxygens (including phenoxy) is 1. The monoisotopic (exact) mass is 435 g/mol. The maximum atomic E-state index is 14.1. The Morgan fingerprint density at radius 1 is 1.17 bits per heavy atom. The number of rotatable bonds is 6. The first kappa shape index (κ1) is 21.4. The number of carbonyl (C=O) groups excluding carboxylic acids is 1. The molecule has 3 rings (SSSR count). The molecule has 1 aromatic heterocycles. The summed E-state index contributed by atoms with van der Waals surface area (Å²) in [6.45, 7) is 1.77. The minimum Gasteiger partial charge on any atom is -0.495 e. The van der Waals surface area contributed by atoms with E-state index in [1.165, 1.54) is 37.1 Å². The average molecular weight is 435 g/mol. The molecule has 7 nitrogen and oxygen atoms in total. The van der Waals surface area contributed by atoms with Crippen molar-refractivity contribution in [3.05, 3.63) is 65.5 Å². The molecule has 0 aliphatic heterocycles. The Morgan fingerprint density at radius 2 is 1.80 bits per heavy atom. The van der Waals surface area contributed by atoms with Gasteiger partial charge in [-0.1, -0.05) is 25.1 Å². The minimum atomic E-state index is -4.30. The van der Waals surface area contributed by atoms with E-state index >= 15 is 0 Å². The van der Waals surface area contributed by atoms with Crippen molar-refractivity contribution in [1.82, 2.24) is 14.3 Å². The summed E-state index contributed by atoms with van der Waals surface area (Å²) >= 11 is 0. The number of hydrogen-bond acceptors (Lipinski definition) is 5. The lowest BCUT2D eigenvalue weighted by molar-refractivity contribution is 0.0977. The first-order valence-corrected chi connectivity index (χ1v) is 10.4. The number of amides is 1. The van der Waals surface area contributed by atoms with Crippen LogP contribution in [0.2, 0.25) is 0 Å². The molecule has 0 atom stereocenters. The fourth-order valence-corrected chi connectivity index (χ4v) is 4.47. The number of aromatic nitrogens is 2. The zero-order valence-electron chi connectivity index (χ0n) is 16.4. The van der Waals surface area contributed by atoms with Gasteiger partial charge in [0, 0.05) is 13.2 Å². The first-order chi connectivity index (χ1) is 14.2. The molecule has 158 valence electrons. The summed E-state index contributed by atoms with van der Waals surface area (Å²) < 4.78 is 62.2. The van der Waals surface area contributed by atoms with Crippen LogP contribution in [0.5, 0.6) is 5.75 Å². The summed E-state index contributed by atoms with van der Waals surface area (Å²) in [6, 6.07) is 8.05. The average Bonchev–Trinajstić information content (AvgIpc) is 3.08. The van der Waals surface area contributed by atoms with Crippen LogP contribution in [0.15, 0.2) is 47.5 Å². The lowest BCUT2D eigenvalue weighted by atomic mass is 10.1. The van der Waals surface area contributed by atoms with Gasteiger partial charge < -0.3 is 9.30 Å². The topological polar surface area (TPSA) is 90.3 Å². The molecule has 10 heteroatoms. The highest BCUT2D eigenvalue weighted by molar-refractivity contribution is 7.90. The highest BCUT2D eigenvalue weighted by Crippen LogP contribution is 2.28. The molecule has 0 bridgehead atoms. The molecule has 0 radical (unpaired) electrons. The van der Waals surface area contributed by atoms with Crippen LogP contribution in [0.25, 0.3) is 11.4 Å². The maximum absolute atomic E-state index is 14.1. The predicted molar refractivity (Wildman–Crippen MR) is 106 cm³/mol. The number of aryl methyl sites for hydroxylation is 2.